The van der Waals surface area contributed by atoms with Crippen LogP contribution in [0.25, 0.3) is 0 Å². The molecular formula is C14H17NO4. The van der Waals surface area contributed by atoms with Gasteiger partial charge in [-0.15, -0.1) is 0 Å². The van der Waals surface area contributed by atoms with Crippen LogP contribution in [0.5, 0.6) is 5.75 Å². The highest BCUT2D eigenvalue weighted by molar-refractivity contribution is 5.77. The summed E-state index contributed by atoms with van der Waals surface area (Å²) in [6.45, 7) is 1.15. The highest BCUT2D eigenvalue weighted by Gasteiger charge is 2.20. The van der Waals surface area contributed by atoms with Crippen LogP contribution in [-0.2, 0) is 22.6 Å². The number of aliphatic carboxylic acids is 1. The maximum atomic E-state index is 11.9. The maximum Gasteiger partial charge on any atom is 0.303 e. The monoisotopic (exact) mass is 263 g/mol. The molecule has 1 heterocycles. The second-order valence-electron chi connectivity index (χ2n) is 4.77. The van der Waals surface area contributed by atoms with Crippen LogP contribution in [0.15, 0.2) is 18.2 Å². The molecule has 0 atom stereocenters. The van der Waals surface area contributed by atoms with Crippen LogP contribution >= 0.6 is 0 Å². The molecule has 0 aromatic heterocycles. The van der Waals surface area contributed by atoms with E-state index in [0.29, 0.717) is 19.5 Å². The Morgan fingerprint density at radius 2 is 2.00 bits per heavy atom. The van der Waals surface area contributed by atoms with Crippen molar-refractivity contribution in [2.75, 3.05) is 6.54 Å². The summed E-state index contributed by atoms with van der Waals surface area (Å²) in [5, 5.41) is 18.0. The first kappa shape index (κ1) is 13.4. The Balaban J connectivity index is 1.93. The molecule has 0 radical (unpaired) electrons. The van der Waals surface area contributed by atoms with Gasteiger partial charge in [-0.05, 0) is 36.1 Å². The summed E-state index contributed by atoms with van der Waals surface area (Å²) in [6, 6.07) is 5.23. The minimum atomic E-state index is -0.873. The number of hydrogen-bond acceptors (Lipinski definition) is 3. The van der Waals surface area contributed by atoms with E-state index in [1.807, 2.05) is 6.07 Å². The summed E-state index contributed by atoms with van der Waals surface area (Å²) in [5.74, 6) is -0.684. The molecule has 1 aliphatic rings. The van der Waals surface area contributed by atoms with Crippen LogP contribution in [0, 0.1) is 0 Å². The third kappa shape index (κ3) is 3.47. The van der Waals surface area contributed by atoms with Crippen LogP contribution < -0.4 is 0 Å². The molecule has 1 aliphatic heterocycles. The lowest BCUT2D eigenvalue weighted by Crippen LogP contribution is -2.35. The lowest BCUT2D eigenvalue weighted by Gasteiger charge is -2.29. The third-order valence-electron chi connectivity index (χ3n) is 3.34. The number of carbonyl (C=O) groups is 2. The van der Waals surface area contributed by atoms with Gasteiger partial charge in [0.1, 0.15) is 5.75 Å². The van der Waals surface area contributed by atoms with Gasteiger partial charge in [-0.3, -0.25) is 9.59 Å². The molecule has 0 spiro atoms. The van der Waals surface area contributed by atoms with E-state index in [9.17, 15) is 14.7 Å². The smallest absolute Gasteiger partial charge is 0.303 e. The van der Waals surface area contributed by atoms with Gasteiger partial charge in [0.05, 0.1) is 0 Å². The summed E-state index contributed by atoms with van der Waals surface area (Å²) >= 11 is 0. The molecule has 0 bridgehead atoms. The molecule has 0 saturated carbocycles. The average Bonchev–Trinajstić information content (AvgIpc) is 2.37. The number of phenolic OH excluding ortho intramolecular Hbond substituents is 1. The Hall–Kier alpha value is -2.04. The Labute approximate surface area is 111 Å². The van der Waals surface area contributed by atoms with Crippen LogP contribution in [0.4, 0.5) is 0 Å². The lowest BCUT2D eigenvalue weighted by atomic mass is 9.99. The van der Waals surface area contributed by atoms with E-state index >= 15 is 0 Å². The zero-order valence-corrected chi connectivity index (χ0v) is 10.6. The number of carbonyl (C=O) groups excluding carboxylic acids is 1. The fourth-order valence-corrected chi connectivity index (χ4v) is 2.31. The van der Waals surface area contributed by atoms with Gasteiger partial charge in [-0.1, -0.05) is 6.07 Å². The maximum absolute atomic E-state index is 11.9. The minimum Gasteiger partial charge on any atom is -0.508 e. The Morgan fingerprint density at radius 1 is 1.21 bits per heavy atom. The molecule has 0 aliphatic carbocycles. The summed E-state index contributed by atoms with van der Waals surface area (Å²) in [6.07, 6.45) is 1.44. The van der Waals surface area contributed by atoms with Crippen molar-refractivity contribution in [1.29, 1.82) is 0 Å². The first-order valence-corrected chi connectivity index (χ1v) is 6.36. The number of phenols is 1. The topological polar surface area (TPSA) is 77.8 Å². The van der Waals surface area contributed by atoms with E-state index in [1.54, 1.807) is 17.0 Å². The second-order valence-corrected chi connectivity index (χ2v) is 4.77. The Bertz CT molecular complexity index is 498. The molecule has 2 N–H and O–H groups in total. The van der Waals surface area contributed by atoms with Crippen LogP contribution in [0.2, 0.25) is 0 Å². The van der Waals surface area contributed by atoms with Crippen LogP contribution in [-0.4, -0.2) is 33.5 Å². The van der Waals surface area contributed by atoms with Gasteiger partial charge in [-0.25, -0.2) is 0 Å². The van der Waals surface area contributed by atoms with Gasteiger partial charge in [0, 0.05) is 25.9 Å². The van der Waals surface area contributed by atoms with Crippen molar-refractivity contribution >= 4 is 11.9 Å². The molecule has 2 rings (SSSR count). The predicted octanol–water partition coefficient (Wildman–Crippen LogP) is 1.53. The quantitative estimate of drug-likeness (QED) is 0.863. The molecule has 0 unspecified atom stereocenters. The second kappa shape index (κ2) is 5.73. The standard InChI is InChI=1S/C14H17NO4/c16-12-5-4-10-6-7-15(9-11(10)8-12)13(17)2-1-3-14(18)19/h4-5,8,16H,1-3,6-7,9H2,(H,18,19). The van der Waals surface area contributed by atoms with Crippen molar-refractivity contribution in [2.45, 2.75) is 32.2 Å². The molecule has 0 saturated heterocycles. The molecule has 1 amide bonds. The number of benzene rings is 1. The number of rotatable bonds is 4. The summed E-state index contributed by atoms with van der Waals surface area (Å²) in [7, 11) is 0. The summed E-state index contributed by atoms with van der Waals surface area (Å²) in [4.78, 5) is 24.1. The highest BCUT2D eigenvalue weighted by Crippen LogP contribution is 2.23. The fourth-order valence-electron chi connectivity index (χ4n) is 2.31. The first-order chi connectivity index (χ1) is 9.06. The van der Waals surface area contributed by atoms with E-state index in [2.05, 4.69) is 0 Å². The van der Waals surface area contributed by atoms with E-state index in [-0.39, 0.29) is 24.5 Å². The van der Waals surface area contributed by atoms with Gasteiger partial charge in [0.25, 0.3) is 0 Å². The molecule has 102 valence electrons. The largest absolute Gasteiger partial charge is 0.508 e. The Morgan fingerprint density at radius 3 is 2.74 bits per heavy atom. The van der Waals surface area contributed by atoms with Gasteiger partial charge in [0.2, 0.25) is 5.91 Å². The zero-order chi connectivity index (χ0) is 13.8. The van der Waals surface area contributed by atoms with Crippen molar-refractivity contribution in [3.63, 3.8) is 0 Å². The fraction of sp³-hybridized carbons (Fsp3) is 0.429. The molecule has 5 nitrogen and oxygen atoms in total. The highest BCUT2D eigenvalue weighted by atomic mass is 16.4. The van der Waals surface area contributed by atoms with E-state index in [0.717, 1.165) is 17.5 Å². The molecular weight excluding hydrogens is 246 g/mol. The van der Waals surface area contributed by atoms with Crippen LogP contribution in [0.3, 0.4) is 0 Å². The van der Waals surface area contributed by atoms with Gasteiger partial charge >= 0.3 is 5.97 Å². The predicted molar refractivity (Wildman–Crippen MR) is 68.7 cm³/mol. The summed E-state index contributed by atoms with van der Waals surface area (Å²) in [5.41, 5.74) is 2.13. The van der Waals surface area contributed by atoms with Crippen LogP contribution in [0.1, 0.15) is 30.4 Å². The van der Waals surface area contributed by atoms with Crippen molar-refractivity contribution in [3.8, 4) is 5.75 Å². The van der Waals surface area contributed by atoms with Crippen molar-refractivity contribution in [1.82, 2.24) is 4.90 Å². The van der Waals surface area contributed by atoms with Crippen molar-refractivity contribution in [3.05, 3.63) is 29.3 Å². The number of hydrogen-bond donors (Lipinski definition) is 2. The van der Waals surface area contributed by atoms with E-state index in [1.165, 1.54) is 0 Å². The molecule has 1 aromatic carbocycles. The molecule has 5 heteroatoms. The molecule has 19 heavy (non-hydrogen) atoms. The number of carboxylic acids is 1. The lowest BCUT2D eigenvalue weighted by molar-refractivity contribution is -0.137. The molecule has 0 fully saturated rings. The number of nitrogens with zero attached hydrogens (tertiary/aromatic N) is 1. The first-order valence-electron chi connectivity index (χ1n) is 6.36. The van der Waals surface area contributed by atoms with Gasteiger partial charge in [-0.2, -0.15) is 0 Å². The minimum absolute atomic E-state index is 0.0183. The van der Waals surface area contributed by atoms with Gasteiger partial charge in [0.15, 0.2) is 0 Å². The molecule has 1 aromatic rings. The van der Waals surface area contributed by atoms with Crippen molar-refractivity contribution < 1.29 is 19.8 Å². The third-order valence-corrected chi connectivity index (χ3v) is 3.34. The SMILES string of the molecule is O=C(O)CCCC(=O)N1CCc2ccc(O)cc2C1. The van der Waals surface area contributed by atoms with E-state index in [4.69, 9.17) is 5.11 Å². The Kier molecular flexibility index (Phi) is 4.04. The van der Waals surface area contributed by atoms with E-state index < -0.39 is 5.97 Å². The average molecular weight is 263 g/mol. The number of aromatic hydroxyl groups is 1. The zero-order valence-electron chi connectivity index (χ0n) is 10.6. The number of fused-ring (bicyclic) bond motifs is 1. The number of carboxylic acid groups (broad SMARTS) is 1. The van der Waals surface area contributed by atoms with Gasteiger partial charge < -0.3 is 15.1 Å². The normalized spacial score (nSPS) is 14.0. The summed E-state index contributed by atoms with van der Waals surface area (Å²) < 4.78 is 0. The number of amides is 1. The van der Waals surface area contributed by atoms with Crippen molar-refractivity contribution in [2.24, 2.45) is 0 Å².